The molecule has 0 aliphatic rings. The van der Waals surface area contributed by atoms with Gasteiger partial charge < -0.3 is 10.1 Å². The maximum absolute atomic E-state index is 6.22. The molecular formula is C17H16ClNOS. The van der Waals surface area contributed by atoms with Gasteiger partial charge >= 0.3 is 0 Å². The Morgan fingerprint density at radius 1 is 1.00 bits per heavy atom. The average molecular weight is 318 g/mol. The maximum Gasteiger partial charge on any atom is 0.127 e. The Bertz CT molecular complexity index is 753. The zero-order chi connectivity index (χ0) is 14.7. The van der Waals surface area contributed by atoms with E-state index in [9.17, 15) is 0 Å². The van der Waals surface area contributed by atoms with Crippen LogP contribution in [0.15, 0.2) is 48.5 Å². The van der Waals surface area contributed by atoms with Gasteiger partial charge in [0.25, 0.3) is 0 Å². The van der Waals surface area contributed by atoms with E-state index in [0.29, 0.717) is 6.61 Å². The number of rotatable bonds is 5. The molecule has 0 atom stereocenters. The highest BCUT2D eigenvalue weighted by molar-refractivity contribution is 7.11. The summed E-state index contributed by atoms with van der Waals surface area (Å²) >= 11 is 8.00. The Kier molecular flexibility index (Phi) is 4.44. The summed E-state index contributed by atoms with van der Waals surface area (Å²) in [6, 6.07) is 16.1. The molecule has 0 radical (unpaired) electrons. The van der Waals surface area contributed by atoms with Gasteiger partial charge in [0.15, 0.2) is 0 Å². The van der Waals surface area contributed by atoms with Crippen molar-refractivity contribution in [2.24, 2.45) is 0 Å². The third-order valence-corrected chi connectivity index (χ3v) is 4.66. The normalized spacial score (nSPS) is 11.0. The highest BCUT2D eigenvalue weighted by Crippen LogP contribution is 2.32. The second-order valence-electron chi connectivity index (χ2n) is 4.78. The molecule has 21 heavy (non-hydrogen) atoms. The summed E-state index contributed by atoms with van der Waals surface area (Å²) in [5.74, 6) is 0.874. The first-order valence-electron chi connectivity index (χ1n) is 6.80. The Balaban J connectivity index is 1.80. The van der Waals surface area contributed by atoms with Gasteiger partial charge in [0.2, 0.25) is 0 Å². The minimum absolute atomic E-state index is 0.583. The van der Waals surface area contributed by atoms with Crippen molar-refractivity contribution in [3.8, 4) is 5.75 Å². The van der Waals surface area contributed by atoms with Gasteiger partial charge in [-0.2, -0.15) is 0 Å². The molecule has 0 amide bonds. The maximum atomic E-state index is 6.22. The molecular weight excluding hydrogens is 302 g/mol. The fourth-order valence-corrected chi connectivity index (χ4v) is 3.45. The predicted octanol–water partition coefficient (Wildman–Crippen LogP) is 4.85. The van der Waals surface area contributed by atoms with Crippen molar-refractivity contribution in [2.45, 2.75) is 13.2 Å². The lowest BCUT2D eigenvalue weighted by molar-refractivity contribution is 0.313. The molecule has 3 rings (SSSR count). The number of fused-ring (bicyclic) bond motifs is 1. The van der Waals surface area contributed by atoms with Crippen LogP contribution in [0.25, 0.3) is 10.8 Å². The molecule has 0 bridgehead atoms. The van der Waals surface area contributed by atoms with Crippen molar-refractivity contribution in [3.63, 3.8) is 0 Å². The van der Waals surface area contributed by atoms with Crippen LogP contribution < -0.4 is 10.1 Å². The van der Waals surface area contributed by atoms with Crippen molar-refractivity contribution in [1.29, 1.82) is 0 Å². The number of thiophene rings is 1. The van der Waals surface area contributed by atoms with Crippen LogP contribution in [0.3, 0.4) is 0 Å². The van der Waals surface area contributed by atoms with Crippen molar-refractivity contribution in [2.75, 3.05) is 7.05 Å². The molecule has 0 saturated heterocycles. The zero-order valence-corrected chi connectivity index (χ0v) is 13.3. The molecule has 2 aromatic carbocycles. The van der Waals surface area contributed by atoms with Crippen LogP contribution in [0.1, 0.15) is 9.75 Å². The van der Waals surface area contributed by atoms with Crippen LogP contribution in [-0.4, -0.2) is 7.05 Å². The van der Waals surface area contributed by atoms with Gasteiger partial charge in [0.1, 0.15) is 12.4 Å². The number of hydrogen-bond acceptors (Lipinski definition) is 3. The molecule has 0 spiro atoms. The number of ether oxygens (including phenoxy) is 1. The minimum Gasteiger partial charge on any atom is -0.487 e. The first kappa shape index (κ1) is 14.4. The smallest absolute Gasteiger partial charge is 0.127 e. The summed E-state index contributed by atoms with van der Waals surface area (Å²) in [5, 5.41) is 5.99. The van der Waals surface area contributed by atoms with Crippen molar-refractivity contribution >= 4 is 33.7 Å². The monoisotopic (exact) mass is 317 g/mol. The van der Waals surface area contributed by atoms with Gasteiger partial charge in [-0.05, 0) is 31.3 Å². The predicted molar refractivity (Wildman–Crippen MR) is 90.4 cm³/mol. The third-order valence-electron chi connectivity index (χ3n) is 3.27. The summed E-state index contributed by atoms with van der Waals surface area (Å²) in [4.78, 5) is 2.54. The minimum atomic E-state index is 0.583. The lowest BCUT2D eigenvalue weighted by Gasteiger charge is -2.09. The van der Waals surface area contributed by atoms with Gasteiger partial charge in [0, 0.05) is 32.1 Å². The molecule has 0 saturated carbocycles. The van der Waals surface area contributed by atoms with E-state index in [0.717, 1.165) is 28.1 Å². The van der Waals surface area contributed by atoms with Crippen LogP contribution in [0.2, 0.25) is 5.02 Å². The third kappa shape index (κ3) is 3.21. The van der Waals surface area contributed by atoms with Crippen LogP contribution >= 0.6 is 22.9 Å². The van der Waals surface area contributed by atoms with Crippen molar-refractivity contribution in [1.82, 2.24) is 5.32 Å². The molecule has 1 heterocycles. The van der Waals surface area contributed by atoms with Gasteiger partial charge in [-0.1, -0.05) is 35.9 Å². The Morgan fingerprint density at radius 3 is 2.57 bits per heavy atom. The molecule has 4 heteroatoms. The molecule has 0 aliphatic heterocycles. The molecule has 2 nitrogen and oxygen atoms in total. The van der Waals surface area contributed by atoms with E-state index < -0.39 is 0 Å². The summed E-state index contributed by atoms with van der Waals surface area (Å²) in [7, 11) is 1.95. The standard InChI is InChI=1S/C17H16ClNOS/c1-19-10-12-6-7-13(21-12)11-20-17-9-8-16(18)14-4-2-3-5-15(14)17/h2-9,19H,10-11H2,1H3. The number of nitrogens with one attached hydrogen (secondary N) is 1. The van der Waals surface area contributed by atoms with E-state index in [-0.39, 0.29) is 0 Å². The fourth-order valence-electron chi connectivity index (χ4n) is 2.28. The molecule has 1 aromatic heterocycles. The summed E-state index contributed by atoms with van der Waals surface area (Å²) in [5.41, 5.74) is 0. The van der Waals surface area contributed by atoms with E-state index in [2.05, 4.69) is 17.4 Å². The van der Waals surface area contributed by atoms with Crippen LogP contribution in [0.4, 0.5) is 0 Å². The molecule has 0 fully saturated rings. The zero-order valence-electron chi connectivity index (χ0n) is 11.7. The second kappa shape index (κ2) is 6.48. The summed E-state index contributed by atoms with van der Waals surface area (Å²) in [6.45, 7) is 1.48. The molecule has 0 unspecified atom stereocenters. The highest BCUT2D eigenvalue weighted by Gasteiger charge is 2.06. The largest absolute Gasteiger partial charge is 0.487 e. The lowest BCUT2D eigenvalue weighted by Crippen LogP contribution is -2.02. The van der Waals surface area contributed by atoms with E-state index in [4.69, 9.17) is 16.3 Å². The Hall–Kier alpha value is -1.55. The molecule has 0 aliphatic carbocycles. The molecule has 1 N–H and O–H groups in total. The quantitative estimate of drug-likeness (QED) is 0.726. The van der Waals surface area contributed by atoms with E-state index in [1.165, 1.54) is 9.75 Å². The molecule has 108 valence electrons. The van der Waals surface area contributed by atoms with Crippen molar-refractivity contribution < 1.29 is 4.74 Å². The van der Waals surface area contributed by atoms with E-state index >= 15 is 0 Å². The first-order valence-corrected chi connectivity index (χ1v) is 7.99. The van der Waals surface area contributed by atoms with E-state index in [1.54, 1.807) is 11.3 Å². The Labute approximate surface area is 133 Å². The van der Waals surface area contributed by atoms with Gasteiger partial charge in [0.05, 0.1) is 0 Å². The van der Waals surface area contributed by atoms with Gasteiger partial charge in [-0.25, -0.2) is 0 Å². The average Bonchev–Trinajstić information content (AvgIpc) is 2.95. The highest BCUT2D eigenvalue weighted by atomic mass is 35.5. The molecule has 3 aromatic rings. The van der Waals surface area contributed by atoms with E-state index in [1.807, 2.05) is 43.4 Å². The topological polar surface area (TPSA) is 21.3 Å². The number of hydrogen-bond donors (Lipinski definition) is 1. The number of benzene rings is 2. The number of halogens is 1. The second-order valence-corrected chi connectivity index (χ2v) is 6.44. The SMILES string of the molecule is CNCc1ccc(COc2ccc(Cl)c3ccccc23)s1. The van der Waals surface area contributed by atoms with Crippen LogP contribution in [-0.2, 0) is 13.2 Å². The summed E-state index contributed by atoms with van der Waals surface area (Å²) in [6.07, 6.45) is 0. The lowest BCUT2D eigenvalue weighted by atomic mass is 10.1. The van der Waals surface area contributed by atoms with Crippen LogP contribution in [0, 0.1) is 0 Å². The van der Waals surface area contributed by atoms with Crippen LogP contribution in [0.5, 0.6) is 5.75 Å². The van der Waals surface area contributed by atoms with Crippen molar-refractivity contribution in [3.05, 3.63) is 63.3 Å². The fraction of sp³-hybridized carbons (Fsp3) is 0.176. The Morgan fingerprint density at radius 2 is 1.76 bits per heavy atom. The van der Waals surface area contributed by atoms with Gasteiger partial charge in [-0.15, -0.1) is 11.3 Å². The first-order chi connectivity index (χ1) is 10.3. The van der Waals surface area contributed by atoms with Gasteiger partial charge in [-0.3, -0.25) is 0 Å². The summed E-state index contributed by atoms with van der Waals surface area (Å²) < 4.78 is 5.98.